The molecule has 0 heterocycles. The van der Waals surface area contributed by atoms with E-state index in [1.54, 1.807) is 0 Å². The lowest BCUT2D eigenvalue weighted by Crippen LogP contribution is -2.09. The van der Waals surface area contributed by atoms with E-state index in [9.17, 15) is 5.11 Å². The van der Waals surface area contributed by atoms with Gasteiger partial charge < -0.3 is 5.11 Å². The molecule has 1 rings (SSSR count). The summed E-state index contributed by atoms with van der Waals surface area (Å²) in [6, 6.07) is 5.87. The molecule has 0 atom stereocenters. The largest absolute Gasteiger partial charge is 0.508 e. The Morgan fingerprint density at radius 3 is 2.31 bits per heavy atom. The summed E-state index contributed by atoms with van der Waals surface area (Å²) in [5.41, 5.74) is 2.38. The van der Waals surface area contributed by atoms with E-state index in [0.29, 0.717) is 5.75 Å². The van der Waals surface area contributed by atoms with Crippen LogP contribution in [0, 0.1) is 12.3 Å². The molecule has 0 unspecified atom stereocenters. The first kappa shape index (κ1) is 10.1. The summed E-state index contributed by atoms with van der Waals surface area (Å²) in [5.74, 6) is 0.426. The minimum absolute atomic E-state index is 0.229. The summed E-state index contributed by atoms with van der Waals surface area (Å²) in [7, 11) is 0. The molecule has 0 amide bonds. The maximum Gasteiger partial charge on any atom is 0.119 e. The minimum atomic E-state index is 0.229. The van der Waals surface area contributed by atoms with Crippen LogP contribution in [0.3, 0.4) is 0 Å². The van der Waals surface area contributed by atoms with Crippen molar-refractivity contribution in [1.29, 1.82) is 0 Å². The molecule has 0 aliphatic heterocycles. The molecule has 1 N–H and O–H groups in total. The molecule has 0 saturated carbocycles. The van der Waals surface area contributed by atoms with Gasteiger partial charge in [-0.2, -0.15) is 0 Å². The number of aryl methyl sites for hydroxylation is 1. The Hall–Kier alpha value is -0.980. The quantitative estimate of drug-likeness (QED) is 0.699. The topological polar surface area (TPSA) is 20.2 Å². The summed E-state index contributed by atoms with van der Waals surface area (Å²) in [4.78, 5) is 0. The Labute approximate surface area is 80.4 Å². The molecule has 1 nitrogen and oxygen atoms in total. The summed E-state index contributed by atoms with van der Waals surface area (Å²) in [5, 5.41) is 9.65. The van der Waals surface area contributed by atoms with Crippen molar-refractivity contribution in [1.82, 2.24) is 0 Å². The van der Waals surface area contributed by atoms with Gasteiger partial charge in [-0.05, 0) is 36.0 Å². The van der Waals surface area contributed by atoms with Crippen molar-refractivity contribution in [3.8, 4) is 5.75 Å². The van der Waals surface area contributed by atoms with Gasteiger partial charge in [-0.15, -0.1) is 0 Å². The van der Waals surface area contributed by atoms with Crippen LogP contribution in [0.4, 0.5) is 0 Å². The highest BCUT2D eigenvalue weighted by Gasteiger charge is 2.13. The predicted molar refractivity (Wildman–Crippen MR) is 56.0 cm³/mol. The van der Waals surface area contributed by atoms with Crippen LogP contribution in [0.25, 0.3) is 0 Å². The third-order valence-corrected chi connectivity index (χ3v) is 1.96. The Bertz CT molecular complexity index is 294. The van der Waals surface area contributed by atoms with Gasteiger partial charge in [-0.3, -0.25) is 0 Å². The highest BCUT2D eigenvalue weighted by atomic mass is 16.3. The normalized spacial score (nSPS) is 11.7. The minimum Gasteiger partial charge on any atom is -0.508 e. The molecular formula is C12H18O. The van der Waals surface area contributed by atoms with Crippen LogP contribution in [0.15, 0.2) is 18.2 Å². The van der Waals surface area contributed by atoms with Crippen molar-refractivity contribution in [2.45, 2.75) is 34.1 Å². The van der Waals surface area contributed by atoms with Crippen molar-refractivity contribution in [2.75, 3.05) is 0 Å². The molecule has 1 heteroatoms. The first-order chi connectivity index (χ1) is 5.88. The molecule has 0 saturated heterocycles. The van der Waals surface area contributed by atoms with Gasteiger partial charge in [0.25, 0.3) is 0 Å². The summed E-state index contributed by atoms with van der Waals surface area (Å²) >= 11 is 0. The fourth-order valence-electron chi connectivity index (χ4n) is 1.39. The molecule has 0 aromatic heterocycles. The fraction of sp³-hybridized carbons (Fsp3) is 0.500. The molecule has 0 bridgehead atoms. The van der Waals surface area contributed by atoms with Crippen molar-refractivity contribution >= 4 is 0 Å². The third kappa shape index (κ3) is 3.10. The van der Waals surface area contributed by atoms with Crippen LogP contribution in [0.5, 0.6) is 5.75 Å². The van der Waals surface area contributed by atoms with Gasteiger partial charge in [0.05, 0.1) is 0 Å². The number of phenols is 1. The number of hydrogen-bond donors (Lipinski definition) is 1. The average molecular weight is 178 g/mol. The second-order valence-corrected chi connectivity index (χ2v) is 4.87. The van der Waals surface area contributed by atoms with Crippen molar-refractivity contribution in [2.24, 2.45) is 5.41 Å². The van der Waals surface area contributed by atoms with Gasteiger partial charge in [0.2, 0.25) is 0 Å². The van der Waals surface area contributed by atoms with Crippen LogP contribution in [0.2, 0.25) is 0 Å². The van der Waals surface area contributed by atoms with Crippen molar-refractivity contribution in [3.05, 3.63) is 29.3 Å². The van der Waals surface area contributed by atoms with Crippen LogP contribution in [-0.2, 0) is 6.42 Å². The van der Waals surface area contributed by atoms with E-state index >= 15 is 0 Å². The maximum absolute atomic E-state index is 9.65. The van der Waals surface area contributed by atoms with Crippen LogP contribution < -0.4 is 0 Å². The molecule has 72 valence electrons. The Morgan fingerprint density at radius 2 is 1.85 bits per heavy atom. The van der Waals surface area contributed by atoms with E-state index in [-0.39, 0.29) is 5.41 Å². The molecule has 0 aliphatic carbocycles. The maximum atomic E-state index is 9.65. The Balaban J connectivity index is 2.90. The van der Waals surface area contributed by atoms with Gasteiger partial charge in [-0.25, -0.2) is 0 Å². The standard InChI is InChI=1S/C12H18O/c1-9-5-6-10(11(13)7-9)8-12(2,3)4/h5-7,13H,8H2,1-4H3. The molecule has 0 fully saturated rings. The lowest BCUT2D eigenvalue weighted by molar-refractivity contribution is 0.394. The van der Waals surface area contributed by atoms with E-state index in [2.05, 4.69) is 20.8 Å². The predicted octanol–water partition coefficient (Wildman–Crippen LogP) is 3.29. The molecule has 1 aromatic rings. The summed E-state index contributed by atoms with van der Waals surface area (Å²) in [6.45, 7) is 8.51. The number of aromatic hydroxyl groups is 1. The van der Waals surface area contributed by atoms with E-state index in [0.717, 1.165) is 17.5 Å². The van der Waals surface area contributed by atoms with Gasteiger partial charge >= 0.3 is 0 Å². The SMILES string of the molecule is Cc1ccc(CC(C)(C)C)c(O)c1. The fourth-order valence-corrected chi connectivity index (χ4v) is 1.39. The molecule has 1 aromatic carbocycles. The molecular weight excluding hydrogens is 160 g/mol. The van der Waals surface area contributed by atoms with Crippen molar-refractivity contribution < 1.29 is 5.11 Å². The lowest BCUT2D eigenvalue weighted by Gasteiger charge is -2.18. The first-order valence-electron chi connectivity index (χ1n) is 4.67. The van der Waals surface area contributed by atoms with Gasteiger partial charge in [0, 0.05) is 0 Å². The first-order valence-corrected chi connectivity index (χ1v) is 4.67. The number of benzene rings is 1. The van der Waals surface area contributed by atoms with E-state index in [1.807, 2.05) is 25.1 Å². The van der Waals surface area contributed by atoms with Crippen molar-refractivity contribution in [3.63, 3.8) is 0 Å². The average Bonchev–Trinajstić information content (AvgIpc) is 1.93. The van der Waals surface area contributed by atoms with Gasteiger partial charge in [0.15, 0.2) is 0 Å². The van der Waals surface area contributed by atoms with E-state index in [1.165, 1.54) is 0 Å². The van der Waals surface area contributed by atoms with Gasteiger partial charge in [0.1, 0.15) is 5.75 Å². The number of hydrogen-bond acceptors (Lipinski definition) is 1. The molecule has 0 radical (unpaired) electrons. The zero-order valence-electron chi connectivity index (χ0n) is 8.89. The Morgan fingerprint density at radius 1 is 1.23 bits per heavy atom. The van der Waals surface area contributed by atoms with Gasteiger partial charge in [-0.1, -0.05) is 32.9 Å². The monoisotopic (exact) mass is 178 g/mol. The lowest BCUT2D eigenvalue weighted by atomic mass is 9.87. The van der Waals surface area contributed by atoms with Crippen LogP contribution >= 0.6 is 0 Å². The third-order valence-electron chi connectivity index (χ3n) is 1.96. The highest BCUT2D eigenvalue weighted by Crippen LogP contribution is 2.27. The molecule has 13 heavy (non-hydrogen) atoms. The highest BCUT2D eigenvalue weighted by molar-refractivity contribution is 5.36. The summed E-state index contributed by atoms with van der Waals surface area (Å²) < 4.78 is 0. The van der Waals surface area contributed by atoms with E-state index < -0.39 is 0 Å². The number of phenolic OH excluding ortho intramolecular Hbond substituents is 1. The molecule has 0 spiro atoms. The Kier molecular flexibility index (Phi) is 2.65. The van der Waals surface area contributed by atoms with Crippen LogP contribution in [-0.4, -0.2) is 5.11 Å². The second kappa shape index (κ2) is 3.41. The zero-order chi connectivity index (χ0) is 10.1. The smallest absolute Gasteiger partial charge is 0.119 e. The van der Waals surface area contributed by atoms with E-state index in [4.69, 9.17) is 0 Å². The zero-order valence-corrected chi connectivity index (χ0v) is 8.89. The number of rotatable bonds is 1. The summed E-state index contributed by atoms with van der Waals surface area (Å²) in [6.07, 6.45) is 0.916. The molecule has 0 aliphatic rings. The van der Waals surface area contributed by atoms with Crippen LogP contribution in [0.1, 0.15) is 31.9 Å². The second-order valence-electron chi connectivity index (χ2n) is 4.87.